The Balaban J connectivity index is 0.00000144. The van der Waals surface area contributed by atoms with Crippen molar-refractivity contribution < 1.29 is 30.8 Å². The molecular formula is C9H9AgN3O2S2. The Morgan fingerprint density at radius 3 is 2.41 bits per heavy atom. The van der Waals surface area contributed by atoms with Gasteiger partial charge in [-0.2, -0.15) is 0 Å². The maximum Gasteiger partial charge on any atom is 0.263 e. The van der Waals surface area contributed by atoms with Crippen LogP contribution in [0.5, 0.6) is 0 Å². The van der Waals surface area contributed by atoms with Crippen molar-refractivity contribution in [1.29, 1.82) is 0 Å². The molecule has 0 atom stereocenters. The van der Waals surface area contributed by atoms with Crippen LogP contribution >= 0.6 is 11.3 Å². The van der Waals surface area contributed by atoms with Crippen molar-refractivity contribution in [3.05, 3.63) is 35.8 Å². The molecule has 2 aromatic rings. The summed E-state index contributed by atoms with van der Waals surface area (Å²) in [6.45, 7) is 0. The van der Waals surface area contributed by atoms with Gasteiger partial charge in [0.25, 0.3) is 10.0 Å². The van der Waals surface area contributed by atoms with E-state index < -0.39 is 10.0 Å². The minimum absolute atomic E-state index is 0. The number of hydrogen-bond donors (Lipinski definition) is 2. The van der Waals surface area contributed by atoms with Crippen molar-refractivity contribution in [2.75, 3.05) is 10.5 Å². The molecule has 0 aliphatic rings. The zero-order chi connectivity index (χ0) is 11.6. The monoisotopic (exact) mass is 362 g/mol. The van der Waals surface area contributed by atoms with Gasteiger partial charge in [0.1, 0.15) is 0 Å². The number of rotatable bonds is 3. The number of nitrogen functional groups attached to an aromatic ring is 1. The van der Waals surface area contributed by atoms with Crippen LogP contribution in [0, 0.1) is 0 Å². The van der Waals surface area contributed by atoms with Gasteiger partial charge in [-0.1, -0.05) is 0 Å². The van der Waals surface area contributed by atoms with Gasteiger partial charge in [-0.15, -0.1) is 11.3 Å². The van der Waals surface area contributed by atoms with Gasteiger partial charge >= 0.3 is 0 Å². The van der Waals surface area contributed by atoms with Crippen LogP contribution in [-0.4, -0.2) is 13.4 Å². The minimum atomic E-state index is -3.56. The third kappa shape index (κ3) is 3.55. The number of anilines is 2. The third-order valence-electron chi connectivity index (χ3n) is 1.84. The topological polar surface area (TPSA) is 85.1 Å². The molecule has 3 N–H and O–H groups in total. The molecule has 0 spiro atoms. The first-order chi connectivity index (χ1) is 7.58. The summed E-state index contributed by atoms with van der Waals surface area (Å²) in [4.78, 5) is 4.01. The van der Waals surface area contributed by atoms with E-state index in [1.807, 2.05) is 0 Å². The first-order valence-corrected chi connectivity index (χ1v) is 6.72. The van der Waals surface area contributed by atoms with Crippen molar-refractivity contribution >= 4 is 32.2 Å². The van der Waals surface area contributed by atoms with Crippen LogP contribution in [0.4, 0.5) is 10.8 Å². The molecule has 0 amide bonds. The van der Waals surface area contributed by atoms with Crippen molar-refractivity contribution in [2.45, 2.75) is 4.90 Å². The van der Waals surface area contributed by atoms with Crippen molar-refractivity contribution in [1.82, 2.24) is 4.98 Å². The molecule has 0 unspecified atom stereocenters. The Hall–Kier alpha value is -0.860. The first kappa shape index (κ1) is 14.2. The molecular weight excluding hydrogens is 354 g/mol. The average Bonchev–Trinajstić information content (AvgIpc) is 2.70. The van der Waals surface area contributed by atoms with E-state index in [2.05, 4.69) is 9.71 Å². The van der Waals surface area contributed by atoms with Gasteiger partial charge in [0.05, 0.1) is 4.90 Å². The van der Waals surface area contributed by atoms with E-state index >= 15 is 0 Å². The second-order valence-corrected chi connectivity index (χ2v) is 5.59. The summed E-state index contributed by atoms with van der Waals surface area (Å²) < 4.78 is 26.0. The van der Waals surface area contributed by atoms with Gasteiger partial charge in [0, 0.05) is 39.6 Å². The standard InChI is InChI=1S/C9H9N3O2S2.Ag/c10-7-1-3-8(4-2-7)16(13,14)12-9-11-5-6-15-9;/h1-6H,10H2,(H,11,12);. The second kappa shape index (κ2) is 5.65. The molecule has 8 heteroatoms. The smallest absolute Gasteiger partial charge is 0.263 e. The number of aromatic nitrogens is 1. The fourth-order valence-corrected chi connectivity index (χ4v) is 2.88. The SMILES string of the molecule is Nc1ccc(S(=O)(=O)Nc2nccs2)cc1.[Ag]. The van der Waals surface area contributed by atoms with Gasteiger partial charge in [-0.25, -0.2) is 13.4 Å². The molecule has 17 heavy (non-hydrogen) atoms. The molecule has 2 rings (SSSR count). The molecule has 0 bridgehead atoms. The van der Waals surface area contributed by atoms with Gasteiger partial charge in [0.15, 0.2) is 5.13 Å². The first-order valence-electron chi connectivity index (χ1n) is 4.36. The van der Waals surface area contributed by atoms with E-state index in [0.717, 1.165) is 0 Å². The number of hydrogen-bond acceptors (Lipinski definition) is 5. The van der Waals surface area contributed by atoms with E-state index in [4.69, 9.17) is 5.73 Å². The van der Waals surface area contributed by atoms with Gasteiger partial charge in [-0.05, 0) is 24.3 Å². The van der Waals surface area contributed by atoms with Crippen molar-refractivity contribution in [2.24, 2.45) is 0 Å². The third-order valence-corrected chi connectivity index (χ3v) is 4.02. The molecule has 1 aromatic carbocycles. The molecule has 5 nitrogen and oxygen atoms in total. The van der Waals surface area contributed by atoms with E-state index in [1.165, 1.54) is 41.8 Å². The summed E-state index contributed by atoms with van der Waals surface area (Å²) in [5.41, 5.74) is 6.00. The Morgan fingerprint density at radius 2 is 1.88 bits per heavy atom. The summed E-state index contributed by atoms with van der Waals surface area (Å²) in [7, 11) is -3.56. The number of nitrogens with zero attached hydrogens (tertiary/aromatic N) is 1. The van der Waals surface area contributed by atoms with Crippen molar-refractivity contribution in [3.8, 4) is 0 Å². The molecule has 0 saturated heterocycles. The summed E-state index contributed by atoms with van der Waals surface area (Å²) in [6.07, 6.45) is 1.53. The fourth-order valence-electron chi connectivity index (χ4n) is 1.09. The maximum atomic E-state index is 11.8. The van der Waals surface area contributed by atoms with Gasteiger partial charge in [-0.3, -0.25) is 4.72 Å². The largest absolute Gasteiger partial charge is 0.399 e. The van der Waals surface area contributed by atoms with E-state index in [1.54, 1.807) is 5.38 Å². The molecule has 0 fully saturated rings. The van der Waals surface area contributed by atoms with Crippen LogP contribution < -0.4 is 10.5 Å². The number of sulfonamides is 1. The number of nitrogens with two attached hydrogens (primary N) is 1. The fraction of sp³-hybridized carbons (Fsp3) is 0. The zero-order valence-electron chi connectivity index (χ0n) is 8.42. The van der Waals surface area contributed by atoms with Crippen LogP contribution in [0.1, 0.15) is 0 Å². The quantitative estimate of drug-likeness (QED) is 0.640. The molecule has 0 saturated carbocycles. The Morgan fingerprint density at radius 1 is 1.24 bits per heavy atom. The molecule has 0 aliphatic heterocycles. The van der Waals surface area contributed by atoms with Crippen LogP contribution in [0.25, 0.3) is 0 Å². The number of benzene rings is 1. The second-order valence-electron chi connectivity index (χ2n) is 3.01. The Labute approximate surface area is 119 Å². The summed E-state index contributed by atoms with van der Waals surface area (Å²) in [5.74, 6) is 0. The number of nitrogens with one attached hydrogen (secondary N) is 1. The molecule has 1 radical (unpaired) electrons. The minimum Gasteiger partial charge on any atom is -0.399 e. The molecule has 1 aromatic heterocycles. The van der Waals surface area contributed by atoms with Crippen LogP contribution in [-0.2, 0) is 32.4 Å². The normalized spacial score (nSPS) is 10.6. The summed E-state index contributed by atoms with van der Waals surface area (Å²) in [6, 6.07) is 5.98. The zero-order valence-corrected chi connectivity index (χ0v) is 11.5. The maximum absolute atomic E-state index is 11.8. The van der Waals surface area contributed by atoms with Gasteiger partial charge < -0.3 is 5.73 Å². The molecule has 1 heterocycles. The van der Waals surface area contributed by atoms with Crippen LogP contribution in [0.15, 0.2) is 40.7 Å². The van der Waals surface area contributed by atoms with Gasteiger partial charge in [0.2, 0.25) is 0 Å². The van der Waals surface area contributed by atoms with E-state index in [0.29, 0.717) is 10.8 Å². The van der Waals surface area contributed by atoms with Crippen molar-refractivity contribution in [3.63, 3.8) is 0 Å². The predicted molar refractivity (Wildman–Crippen MR) is 63.8 cm³/mol. The molecule has 95 valence electrons. The molecule has 0 aliphatic carbocycles. The number of thiazole rings is 1. The van der Waals surface area contributed by atoms with E-state index in [-0.39, 0.29) is 27.3 Å². The van der Waals surface area contributed by atoms with Crippen LogP contribution in [0.2, 0.25) is 0 Å². The predicted octanol–water partition coefficient (Wildman–Crippen LogP) is 1.52. The summed E-state index contributed by atoms with van der Waals surface area (Å²) in [5, 5.41) is 2.04. The van der Waals surface area contributed by atoms with E-state index in [9.17, 15) is 8.42 Å². The Bertz CT molecular complexity index is 567. The van der Waals surface area contributed by atoms with Crippen LogP contribution in [0.3, 0.4) is 0 Å². The average molecular weight is 363 g/mol. The Kier molecular flexibility index (Phi) is 4.72. The summed E-state index contributed by atoms with van der Waals surface area (Å²) >= 11 is 1.22.